The molecular weight excluding hydrogens is 462 g/mol. The molecule has 2 rings (SSSR count). The van der Waals surface area contributed by atoms with Gasteiger partial charge >= 0.3 is 5.97 Å². The van der Waals surface area contributed by atoms with Crippen LogP contribution in [0, 0.1) is 0 Å². The lowest BCUT2D eigenvalue weighted by molar-refractivity contribution is -0.149. The summed E-state index contributed by atoms with van der Waals surface area (Å²) >= 11 is 0. The van der Waals surface area contributed by atoms with Crippen molar-refractivity contribution in [2.75, 3.05) is 0 Å². The number of hydroxylamine groups is 1. The van der Waals surface area contributed by atoms with Gasteiger partial charge < -0.3 is 15.4 Å². The van der Waals surface area contributed by atoms with Gasteiger partial charge in [0, 0.05) is 6.42 Å². The molecule has 0 aromatic heterocycles. The molecule has 2 atom stereocenters. The molecule has 0 aliphatic heterocycles. The van der Waals surface area contributed by atoms with Crippen molar-refractivity contribution in [1.82, 2.24) is 16.1 Å². The molecule has 0 spiro atoms. The first kappa shape index (κ1) is 28.5. The van der Waals surface area contributed by atoms with Crippen LogP contribution >= 0.6 is 0 Å². The molecule has 0 aliphatic rings. The van der Waals surface area contributed by atoms with E-state index in [9.17, 15) is 19.2 Å². The number of nitrogens with one attached hydrogen (secondary N) is 3. The predicted molar refractivity (Wildman–Crippen MR) is 134 cm³/mol. The summed E-state index contributed by atoms with van der Waals surface area (Å²) in [6.45, 7) is 6.80. The van der Waals surface area contributed by atoms with Gasteiger partial charge in [0.25, 0.3) is 0 Å². The Morgan fingerprint density at radius 2 is 1.42 bits per heavy atom. The first-order chi connectivity index (χ1) is 17.0. The maximum Gasteiger partial charge on any atom is 0.328 e. The summed E-state index contributed by atoms with van der Waals surface area (Å²) in [5.41, 5.74) is 3.44. The largest absolute Gasteiger partial charge is 0.459 e. The SMILES string of the molecule is CC(NC(=O)C(CC(=O)NOC(C)(C)C)NC(=O)CCc1ccccc1)C(=O)OCc1ccccc1. The van der Waals surface area contributed by atoms with Gasteiger partial charge in [-0.2, -0.15) is 0 Å². The number of amides is 3. The minimum absolute atomic E-state index is 0.0616. The number of hydrogen-bond acceptors (Lipinski definition) is 6. The van der Waals surface area contributed by atoms with Gasteiger partial charge in [-0.05, 0) is 45.2 Å². The van der Waals surface area contributed by atoms with Crippen LogP contribution in [0.5, 0.6) is 0 Å². The number of aryl methyl sites for hydroxylation is 1. The lowest BCUT2D eigenvalue weighted by Gasteiger charge is -2.22. The van der Waals surface area contributed by atoms with Crippen molar-refractivity contribution in [1.29, 1.82) is 0 Å². The third-order valence-corrected chi connectivity index (χ3v) is 4.93. The van der Waals surface area contributed by atoms with Crippen molar-refractivity contribution >= 4 is 23.7 Å². The van der Waals surface area contributed by atoms with E-state index in [0.29, 0.717) is 6.42 Å². The van der Waals surface area contributed by atoms with Gasteiger partial charge in [0.2, 0.25) is 17.7 Å². The lowest BCUT2D eigenvalue weighted by atomic mass is 10.1. The van der Waals surface area contributed by atoms with Crippen LogP contribution in [0.25, 0.3) is 0 Å². The fourth-order valence-electron chi connectivity index (χ4n) is 3.04. The highest BCUT2D eigenvalue weighted by molar-refractivity contribution is 5.93. The highest BCUT2D eigenvalue weighted by atomic mass is 16.7. The van der Waals surface area contributed by atoms with Crippen molar-refractivity contribution in [3.05, 3.63) is 71.8 Å². The molecular formula is C27H35N3O6. The Bertz CT molecular complexity index is 1010. The molecule has 3 amide bonds. The highest BCUT2D eigenvalue weighted by Gasteiger charge is 2.28. The van der Waals surface area contributed by atoms with E-state index >= 15 is 0 Å². The van der Waals surface area contributed by atoms with Crippen LogP contribution in [0.2, 0.25) is 0 Å². The number of esters is 1. The Morgan fingerprint density at radius 3 is 2.00 bits per heavy atom. The number of hydrogen-bond donors (Lipinski definition) is 3. The van der Waals surface area contributed by atoms with Crippen LogP contribution in [0.4, 0.5) is 0 Å². The fraction of sp³-hybridized carbons (Fsp3) is 0.407. The van der Waals surface area contributed by atoms with E-state index in [1.165, 1.54) is 6.92 Å². The van der Waals surface area contributed by atoms with Gasteiger partial charge in [0.15, 0.2) is 0 Å². The zero-order valence-corrected chi connectivity index (χ0v) is 21.2. The summed E-state index contributed by atoms with van der Waals surface area (Å²) in [5.74, 6) is -2.31. The lowest BCUT2D eigenvalue weighted by Crippen LogP contribution is -2.52. The molecule has 2 unspecified atom stereocenters. The Hall–Kier alpha value is -3.72. The zero-order chi connectivity index (χ0) is 26.6. The zero-order valence-electron chi connectivity index (χ0n) is 21.2. The van der Waals surface area contributed by atoms with Crippen molar-refractivity contribution in [3.8, 4) is 0 Å². The molecule has 0 bridgehead atoms. The quantitative estimate of drug-likeness (QED) is 0.306. The van der Waals surface area contributed by atoms with E-state index in [1.54, 1.807) is 20.8 Å². The van der Waals surface area contributed by atoms with Gasteiger partial charge in [-0.15, -0.1) is 0 Å². The molecule has 0 heterocycles. The monoisotopic (exact) mass is 497 g/mol. The molecule has 194 valence electrons. The van der Waals surface area contributed by atoms with Crippen LogP contribution in [0.3, 0.4) is 0 Å². The Morgan fingerprint density at radius 1 is 0.833 bits per heavy atom. The van der Waals surface area contributed by atoms with Crippen LogP contribution < -0.4 is 16.1 Å². The maximum atomic E-state index is 12.9. The average molecular weight is 498 g/mol. The molecule has 0 radical (unpaired) electrons. The second-order valence-electron chi connectivity index (χ2n) is 9.37. The minimum Gasteiger partial charge on any atom is -0.459 e. The van der Waals surface area contributed by atoms with Crippen molar-refractivity contribution in [3.63, 3.8) is 0 Å². The first-order valence-electron chi connectivity index (χ1n) is 11.8. The fourth-order valence-corrected chi connectivity index (χ4v) is 3.04. The molecule has 9 heteroatoms. The second kappa shape index (κ2) is 14.0. The van der Waals surface area contributed by atoms with E-state index in [0.717, 1.165) is 11.1 Å². The Balaban J connectivity index is 1.96. The van der Waals surface area contributed by atoms with Crippen LogP contribution in [0.1, 0.15) is 51.7 Å². The van der Waals surface area contributed by atoms with Gasteiger partial charge in [-0.3, -0.25) is 19.2 Å². The number of carbonyl (C=O) groups excluding carboxylic acids is 4. The van der Waals surface area contributed by atoms with Crippen molar-refractivity contribution in [2.45, 2.75) is 71.2 Å². The van der Waals surface area contributed by atoms with Crippen LogP contribution in [-0.2, 0) is 41.8 Å². The van der Waals surface area contributed by atoms with E-state index in [4.69, 9.17) is 9.57 Å². The second-order valence-corrected chi connectivity index (χ2v) is 9.37. The first-order valence-corrected chi connectivity index (χ1v) is 11.8. The van der Waals surface area contributed by atoms with Crippen molar-refractivity contribution in [2.24, 2.45) is 0 Å². The smallest absolute Gasteiger partial charge is 0.328 e. The van der Waals surface area contributed by atoms with Crippen molar-refractivity contribution < 1.29 is 28.8 Å². The summed E-state index contributed by atoms with van der Waals surface area (Å²) in [6, 6.07) is 16.4. The van der Waals surface area contributed by atoms with E-state index in [2.05, 4.69) is 16.1 Å². The molecule has 0 saturated heterocycles. The summed E-state index contributed by atoms with van der Waals surface area (Å²) in [4.78, 5) is 55.5. The predicted octanol–water partition coefficient (Wildman–Crippen LogP) is 2.59. The van der Waals surface area contributed by atoms with Gasteiger partial charge in [0.1, 0.15) is 18.7 Å². The molecule has 2 aromatic carbocycles. The Kier molecular flexibility index (Phi) is 11.1. The third-order valence-electron chi connectivity index (χ3n) is 4.93. The number of benzene rings is 2. The Labute approximate surface area is 211 Å². The molecule has 0 saturated carbocycles. The van der Waals surface area contributed by atoms with E-state index < -0.39 is 41.4 Å². The molecule has 3 N–H and O–H groups in total. The minimum atomic E-state index is -1.21. The maximum absolute atomic E-state index is 12.9. The topological polar surface area (TPSA) is 123 Å². The van der Waals surface area contributed by atoms with Gasteiger partial charge in [-0.1, -0.05) is 60.7 Å². The van der Waals surface area contributed by atoms with Gasteiger partial charge in [0.05, 0.1) is 12.0 Å². The normalized spacial score (nSPS) is 12.7. The number of rotatable bonds is 12. The molecule has 9 nitrogen and oxygen atoms in total. The average Bonchev–Trinajstić information content (AvgIpc) is 2.85. The molecule has 0 aliphatic carbocycles. The van der Waals surface area contributed by atoms with Crippen LogP contribution in [0.15, 0.2) is 60.7 Å². The standard InChI is InChI=1S/C27H35N3O6/c1-19(26(34)35-18-21-13-9-6-10-14-21)28-25(33)22(17-24(32)30-36-27(2,3)4)29-23(31)16-15-20-11-7-5-8-12-20/h5-14,19,22H,15-18H2,1-4H3,(H,28,33)(H,29,31)(H,30,32). The third kappa shape index (κ3) is 11.1. The number of carbonyl (C=O) groups is 4. The summed E-state index contributed by atoms with van der Waals surface area (Å²) in [5, 5.41) is 5.12. The summed E-state index contributed by atoms with van der Waals surface area (Å²) in [6.07, 6.45) is 0.232. The van der Waals surface area contributed by atoms with Crippen LogP contribution in [-0.4, -0.2) is 41.4 Å². The van der Waals surface area contributed by atoms with Gasteiger partial charge in [-0.25, -0.2) is 10.3 Å². The van der Waals surface area contributed by atoms with E-state index in [-0.39, 0.29) is 19.4 Å². The molecule has 0 fully saturated rings. The molecule has 2 aromatic rings. The summed E-state index contributed by atoms with van der Waals surface area (Å²) < 4.78 is 5.26. The van der Waals surface area contributed by atoms with E-state index in [1.807, 2.05) is 60.7 Å². The summed E-state index contributed by atoms with van der Waals surface area (Å²) in [7, 11) is 0. The highest BCUT2D eigenvalue weighted by Crippen LogP contribution is 2.07. The molecule has 36 heavy (non-hydrogen) atoms. The number of ether oxygens (including phenoxy) is 1.